The molecular weight excluding hydrogens is 308 g/mol. The Hall–Kier alpha value is -0.750. The molecule has 3 rings (SSSR count). The van der Waals surface area contributed by atoms with Crippen molar-refractivity contribution in [2.45, 2.75) is 35.9 Å². The van der Waals surface area contributed by atoms with Gasteiger partial charge in [-0.15, -0.1) is 11.8 Å². The van der Waals surface area contributed by atoms with Crippen molar-refractivity contribution in [2.75, 3.05) is 19.4 Å². The molecule has 1 fully saturated rings. The molecule has 1 amide bonds. The van der Waals surface area contributed by atoms with E-state index >= 15 is 0 Å². The number of ether oxygens (including phenoxy) is 1. The lowest BCUT2D eigenvalue weighted by atomic mass is 10.0. The lowest BCUT2D eigenvalue weighted by Crippen LogP contribution is -2.42. The predicted octanol–water partition coefficient (Wildman–Crippen LogP) is 2.37. The lowest BCUT2D eigenvalue weighted by molar-refractivity contribution is -0.123. The summed E-state index contributed by atoms with van der Waals surface area (Å²) in [5.74, 6) is 1.07. The highest BCUT2D eigenvalue weighted by Crippen LogP contribution is 2.37. The molecule has 0 aliphatic carbocycles. The first kappa shape index (κ1) is 15.2. The molecule has 0 radical (unpaired) electrons. The van der Waals surface area contributed by atoms with Crippen LogP contribution in [0.3, 0.4) is 0 Å². The Kier molecular flexibility index (Phi) is 4.74. The van der Waals surface area contributed by atoms with Gasteiger partial charge in [-0.3, -0.25) is 4.79 Å². The van der Waals surface area contributed by atoms with E-state index in [0.29, 0.717) is 5.02 Å². The van der Waals surface area contributed by atoms with Gasteiger partial charge in [0.05, 0.1) is 18.2 Å². The minimum atomic E-state index is -0.160. The van der Waals surface area contributed by atoms with Gasteiger partial charge in [-0.1, -0.05) is 11.6 Å². The number of hydrogen-bond acceptors (Lipinski definition) is 4. The first-order chi connectivity index (χ1) is 10.2. The maximum absolute atomic E-state index is 12.4. The average Bonchev–Trinajstić information content (AvgIpc) is 2.97. The molecule has 0 aromatic heterocycles. The van der Waals surface area contributed by atoms with Crippen LogP contribution in [0.2, 0.25) is 5.02 Å². The first-order valence-corrected chi connectivity index (χ1v) is 8.52. The summed E-state index contributed by atoms with van der Waals surface area (Å²) >= 11 is 7.91. The number of benzene rings is 1. The summed E-state index contributed by atoms with van der Waals surface area (Å²) in [6.45, 7) is 0.734. The van der Waals surface area contributed by atoms with E-state index in [4.69, 9.17) is 16.3 Å². The van der Waals surface area contributed by atoms with Crippen LogP contribution >= 0.6 is 23.4 Å². The second kappa shape index (κ2) is 6.57. The standard InChI is InChI=1S/C15H19ClN2O2S/c1-20-10-7-13(17-8-10)15(19)18-12-4-5-21-14-3-2-9(16)6-11(12)14/h2-3,6,10,12-13,17H,4-5,7-8H2,1H3,(H,18,19). The summed E-state index contributed by atoms with van der Waals surface area (Å²) in [6, 6.07) is 5.80. The molecule has 0 bridgehead atoms. The van der Waals surface area contributed by atoms with Crippen LogP contribution in [0.4, 0.5) is 0 Å². The summed E-state index contributed by atoms with van der Waals surface area (Å²) in [5.41, 5.74) is 1.13. The number of methoxy groups -OCH3 is 1. The normalized spacial score (nSPS) is 28.2. The Balaban J connectivity index is 1.69. The van der Waals surface area contributed by atoms with E-state index in [2.05, 4.69) is 10.6 Å². The van der Waals surface area contributed by atoms with E-state index in [-0.39, 0.29) is 24.1 Å². The van der Waals surface area contributed by atoms with Crippen LogP contribution in [-0.4, -0.2) is 37.5 Å². The van der Waals surface area contributed by atoms with Crippen molar-refractivity contribution in [3.8, 4) is 0 Å². The highest BCUT2D eigenvalue weighted by atomic mass is 35.5. The summed E-state index contributed by atoms with van der Waals surface area (Å²) in [5, 5.41) is 7.09. The van der Waals surface area contributed by atoms with Gasteiger partial charge < -0.3 is 15.4 Å². The summed E-state index contributed by atoms with van der Waals surface area (Å²) < 4.78 is 5.29. The van der Waals surface area contributed by atoms with E-state index in [1.54, 1.807) is 7.11 Å². The fourth-order valence-electron chi connectivity index (χ4n) is 2.87. The zero-order chi connectivity index (χ0) is 14.8. The summed E-state index contributed by atoms with van der Waals surface area (Å²) in [4.78, 5) is 13.6. The maximum Gasteiger partial charge on any atom is 0.237 e. The van der Waals surface area contributed by atoms with Crippen molar-refractivity contribution < 1.29 is 9.53 Å². The van der Waals surface area contributed by atoms with Crippen LogP contribution in [0.1, 0.15) is 24.4 Å². The Labute approximate surface area is 134 Å². The van der Waals surface area contributed by atoms with Crippen molar-refractivity contribution >= 4 is 29.3 Å². The molecular formula is C15H19ClN2O2S. The molecule has 1 saturated heterocycles. The third-order valence-corrected chi connectivity index (χ3v) is 5.43. The molecule has 0 saturated carbocycles. The molecule has 3 atom stereocenters. The molecule has 1 aromatic rings. The lowest BCUT2D eigenvalue weighted by Gasteiger charge is -2.27. The van der Waals surface area contributed by atoms with Crippen LogP contribution in [-0.2, 0) is 9.53 Å². The van der Waals surface area contributed by atoms with Crippen molar-refractivity contribution in [3.63, 3.8) is 0 Å². The molecule has 1 aromatic carbocycles. The Bertz CT molecular complexity index is 540. The second-order valence-corrected chi connectivity index (χ2v) is 7.01. The minimum Gasteiger partial charge on any atom is -0.380 e. The van der Waals surface area contributed by atoms with Crippen molar-refractivity contribution in [2.24, 2.45) is 0 Å². The quantitative estimate of drug-likeness (QED) is 0.895. The largest absolute Gasteiger partial charge is 0.380 e. The molecule has 6 heteroatoms. The number of rotatable bonds is 3. The Morgan fingerprint density at radius 1 is 1.52 bits per heavy atom. The van der Waals surface area contributed by atoms with Crippen LogP contribution in [0, 0.1) is 0 Å². The van der Waals surface area contributed by atoms with E-state index < -0.39 is 0 Å². The van der Waals surface area contributed by atoms with Gasteiger partial charge in [0.1, 0.15) is 0 Å². The monoisotopic (exact) mass is 326 g/mol. The SMILES string of the molecule is COC1CNC(C(=O)NC2CCSc3ccc(Cl)cc32)C1. The molecule has 2 aliphatic heterocycles. The van der Waals surface area contributed by atoms with Crippen molar-refractivity contribution in [1.82, 2.24) is 10.6 Å². The smallest absolute Gasteiger partial charge is 0.237 e. The van der Waals surface area contributed by atoms with E-state index in [9.17, 15) is 4.79 Å². The van der Waals surface area contributed by atoms with Gasteiger partial charge in [-0.25, -0.2) is 0 Å². The van der Waals surface area contributed by atoms with Gasteiger partial charge in [0.15, 0.2) is 0 Å². The molecule has 114 valence electrons. The molecule has 2 heterocycles. The van der Waals surface area contributed by atoms with E-state index in [1.165, 1.54) is 4.90 Å². The van der Waals surface area contributed by atoms with Gasteiger partial charge in [0.2, 0.25) is 5.91 Å². The number of halogens is 1. The highest BCUT2D eigenvalue weighted by molar-refractivity contribution is 7.99. The van der Waals surface area contributed by atoms with Crippen molar-refractivity contribution in [3.05, 3.63) is 28.8 Å². The van der Waals surface area contributed by atoms with Gasteiger partial charge >= 0.3 is 0 Å². The second-order valence-electron chi connectivity index (χ2n) is 5.43. The van der Waals surface area contributed by atoms with Crippen molar-refractivity contribution in [1.29, 1.82) is 0 Å². The first-order valence-electron chi connectivity index (χ1n) is 7.16. The molecule has 3 unspecified atom stereocenters. The van der Waals surface area contributed by atoms with Gasteiger partial charge in [0, 0.05) is 29.3 Å². The number of carbonyl (C=O) groups excluding carboxylic acids is 1. The highest BCUT2D eigenvalue weighted by Gasteiger charge is 2.31. The summed E-state index contributed by atoms with van der Waals surface area (Å²) in [6.07, 6.45) is 1.79. The van der Waals surface area contributed by atoms with E-state index in [0.717, 1.165) is 30.7 Å². The van der Waals surface area contributed by atoms with Crippen LogP contribution in [0.15, 0.2) is 23.1 Å². The fourth-order valence-corrected chi connectivity index (χ4v) is 4.16. The third kappa shape index (κ3) is 3.37. The number of amides is 1. The zero-order valence-electron chi connectivity index (χ0n) is 11.9. The summed E-state index contributed by atoms with van der Waals surface area (Å²) in [7, 11) is 1.68. The average molecular weight is 327 g/mol. The van der Waals surface area contributed by atoms with E-state index in [1.807, 2.05) is 30.0 Å². The minimum absolute atomic E-state index is 0.0517. The number of carbonyl (C=O) groups is 1. The Morgan fingerprint density at radius 3 is 3.14 bits per heavy atom. The van der Waals surface area contributed by atoms with Gasteiger partial charge in [0.25, 0.3) is 0 Å². The number of thioether (sulfide) groups is 1. The zero-order valence-corrected chi connectivity index (χ0v) is 13.5. The topological polar surface area (TPSA) is 50.4 Å². The third-order valence-electron chi connectivity index (χ3n) is 4.07. The molecule has 2 N–H and O–H groups in total. The fraction of sp³-hybridized carbons (Fsp3) is 0.533. The van der Waals surface area contributed by atoms with Crippen LogP contribution in [0.25, 0.3) is 0 Å². The predicted molar refractivity (Wildman–Crippen MR) is 84.9 cm³/mol. The molecule has 2 aliphatic rings. The molecule has 0 spiro atoms. The number of hydrogen-bond donors (Lipinski definition) is 2. The molecule has 21 heavy (non-hydrogen) atoms. The van der Waals surface area contributed by atoms with Crippen LogP contribution < -0.4 is 10.6 Å². The maximum atomic E-state index is 12.4. The van der Waals surface area contributed by atoms with Crippen LogP contribution in [0.5, 0.6) is 0 Å². The number of fused-ring (bicyclic) bond motifs is 1. The van der Waals surface area contributed by atoms with Gasteiger partial charge in [-0.2, -0.15) is 0 Å². The molecule has 4 nitrogen and oxygen atoms in total. The Morgan fingerprint density at radius 2 is 2.38 bits per heavy atom. The number of nitrogens with one attached hydrogen (secondary N) is 2. The van der Waals surface area contributed by atoms with Gasteiger partial charge in [-0.05, 0) is 36.6 Å².